The lowest BCUT2D eigenvalue weighted by Gasteiger charge is -2.41. The molecule has 0 unspecified atom stereocenters. The summed E-state index contributed by atoms with van der Waals surface area (Å²) in [7, 11) is 0. The number of hydrogen-bond donors (Lipinski definition) is 1. The molecule has 4 heteroatoms. The molecule has 0 aromatic heterocycles. The second kappa shape index (κ2) is 5.78. The first kappa shape index (κ1) is 16.8. The molecule has 3 aliphatic rings. The van der Waals surface area contributed by atoms with E-state index in [4.69, 9.17) is 5.73 Å². The summed E-state index contributed by atoms with van der Waals surface area (Å²) >= 11 is 0. The number of nitrogens with zero attached hydrogens (tertiary/aromatic N) is 1. The fourth-order valence-corrected chi connectivity index (χ4v) is 4.90. The highest BCUT2D eigenvalue weighted by atomic mass is 16.2. The van der Waals surface area contributed by atoms with Crippen molar-refractivity contribution in [2.45, 2.75) is 65.7 Å². The number of rotatable bonds is 5. The minimum atomic E-state index is -0.248. The van der Waals surface area contributed by atoms with Gasteiger partial charge in [-0.1, -0.05) is 27.2 Å². The highest BCUT2D eigenvalue weighted by Gasteiger charge is 2.60. The van der Waals surface area contributed by atoms with E-state index in [1.54, 1.807) is 0 Å². The van der Waals surface area contributed by atoms with Crippen LogP contribution >= 0.6 is 0 Å². The predicted molar refractivity (Wildman–Crippen MR) is 90.5 cm³/mol. The Morgan fingerprint density at radius 1 is 1.22 bits per heavy atom. The third-order valence-corrected chi connectivity index (χ3v) is 7.24. The van der Waals surface area contributed by atoms with Gasteiger partial charge in [0.2, 0.25) is 11.8 Å². The Kier molecular flexibility index (Phi) is 4.22. The average Bonchev–Trinajstić information content (AvgIpc) is 3.15. The lowest BCUT2D eigenvalue weighted by Crippen LogP contribution is -2.52. The molecule has 1 heterocycles. The predicted octanol–water partition coefficient (Wildman–Crippen LogP) is 2.95. The van der Waals surface area contributed by atoms with Gasteiger partial charge in [0.1, 0.15) is 0 Å². The molecule has 1 atom stereocenters. The molecular weight excluding hydrogens is 288 g/mol. The largest absolute Gasteiger partial charge is 0.370 e. The van der Waals surface area contributed by atoms with E-state index in [9.17, 15) is 9.59 Å². The molecule has 3 rings (SSSR count). The van der Waals surface area contributed by atoms with Crippen LogP contribution in [0.5, 0.6) is 0 Å². The van der Waals surface area contributed by atoms with E-state index >= 15 is 0 Å². The van der Waals surface area contributed by atoms with Gasteiger partial charge in [0.05, 0.1) is 0 Å². The van der Waals surface area contributed by atoms with Gasteiger partial charge in [0.25, 0.3) is 0 Å². The molecule has 0 aromatic carbocycles. The van der Waals surface area contributed by atoms with Crippen molar-refractivity contribution in [3.63, 3.8) is 0 Å². The van der Waals surface area contributed by atoms with Crippen molar-refractivity contribution in [2.24, 2.45) is 34.3 Å². The van der Waals surface area contributed by atoms with Crippen molar-refractivity contribution in [3.8, 4) is 0 Å². The Bertz CT molecular complexity index is 486. The van der Waals surface area contributed by atoms with Crippen molar-refractivity contribution in [1.82, 2.24) is 4.90 Å². The van der Waals surface area contributed by atoms with Gasteiger partial charge in [-0.2, -0.15) is 0 Å². The first-order chi connectivity index (χ1) is 10.8. The second-order valence-electron chi connectivity index (χ2n) is 9.02. The molecule has 0 bridgehead atoms. The van der Waals surface area contributed by atoms with E-state index in [1.807, 2.05) is 4.90 Å². The van der Waals surface area contributed by atoms with Crippen molar-refractivity contribution >= 4 is 11.8 Å². The minimum absolute atomic E-state index is 0.248. The SMILES string of the molecule is CCC(C)(C)C1CCC2(CC1)C[C@@H]2C(=O)N1CC(CC(N)=O)C1. The lowest BCUT2D eigenvalue weighted by atomic mass is 9.66. The molecule has 4 nitrogen and oxygen atoms in total. The lowest BCUT2D eigenvalue weighted by molar-refractivity contribution is -0.141. The number of amides is 2. The Morgan fingerprint density at radius 3 is 2.35 bits per heavy atom. The molecule has 3 fully saturated rings. The smallest absolute Gasteiger partial charge is 0.226 e. The Labute approximate surface area is 140 Å². The molecule has 1 saturated heterocycles. The van der Waals surface area contributed by atoms with E-state index in [2.05, 4.69) is 20.8 Å². The highest BCUT2D eigenvalue weighted by Crippen LogP contribution is 2.64. The van der Waals surface area contributed by atoms with Crippen molar-refractivity contribution in [2.75, 3.05) is 13.1 Å². The van der Waals surface area contributed by atoms with E-state index in [0.29, 0.717) is 29.1 Å². The molecule has 2 aliphatic carbocycles. The van der Waals surface area contributed by atoms with E-state index in [0.717, 1.165) is 25.4 Å². The zero-order valence-corrected chi connectivity index (χ0v) is 14.9. The van der Waals surface area contributed by atoms with Gasteiger partial charge in [-0.3, -0.25) is 9.59 Å². The quantitative estimate of drug-likeness (QED) is 0.846. The van der Waals surface area contributed by atoms with Gasteiger partial charge in [0.15, 0.2) is 0 Å². The summed E-state index contributed by atoms with van der Waals surface area (Å²) in [5.41, 5.74) is 5.99. The zero-order valence-electron chi connectivity index (χ0n) is 14.9. The Hall–Kier alpha value is -1.06. The fraction of sp³-hybridized carbons (Fsp3) is 0.895. The molecule has 130 valence electrons. The van der Waals surface area contributed by atoms with Crippen LogP contribution in [-0.2, 0) is 9.59 Å². The summed E-state index contributed by atoms with van der Waals surface area (Å²) in [6.45, 7) is 8.55. The monoisotopic (exact) mass is 320 g/mol. The minimum Gasteiger partial charge on any atom is -0.370 e. The molecular formula is C19H32N2O2. The van der Waals surface area contributed by atoms with Gasteiger partial charge >= 0.3 is 0 Å². The van der Waals surface area contributed by atoms with Crippen LogP contribution in [0.25, 0.3) is 0 Å². The molecule has 0 aromatic rings. The second-order valence-corrected chi connectivity index (χ2v) is 9.02. The van der Waals surface area contributed by atoms with Gasteiger partial charge in [-0.25, -0.2) is 0 Å². The average molecular weight is 320 g/mol. The highest BCUT2D eigenvalue weighted by molar-refractivity contribution is 5.84. The summed E-state index contributed by atoms with van der Waals surface area (Å²) in [4.78, 5) is 25.5. The molecule has 1 spiro atoms. The Balaban J connectivity index is 1.47. The molecule has 2 saturated carbocycles. The topological polar surface area (TPSA) is 63.4 Å². The van der Waals surface area contributed by atoms with Crippen molar-refractivity contribution in [1.29, 1.82) is 0 Å². The number of primary amides is 1. The van der Waals surface area contributed by atoms with Gasteiger partial charge < -0.3 is 10.6 Å². The van der Waals surface area contributed by atoms with Crippen LogP contribution in [-0.4, -0.2) is 29.8 Å². The first-order valence-electron chi connectivity index (χ1n) is 9.34. The Morgan fingerprint density at radius 2 is 1.83 bits per heavy atom. The zero-order chi connectivity index (χ0) is 16.8. The number of likely N-dealkylation sites (tertiary alicyclic amines) is 1. The van der Waals surface area contributed by atoms with E-state index in [-0.39, 0.29) is 11.8 Å². The van der Waals surface area contributed by atoms with Crippen LogP contribution < -0.4 is 5.73 Å². The van der Waals surface area contributed by atoms with Gasteiger partial charge in [0, 0.05) is 31.3 Å². The molecule has 2 N–H and O–H groups in total. The van der Waals surface area contributed by atoms with Crippen LogP contribution in [0.3, 0.4) is 0 Å². The van der Waals surface area contributed by atoms with E-state index < -0.39 is 0 Å². The summed E-state index contributed by atoms with van der Waals surface area (Å²) < 4.78 is 0. The van der Waals surface area contributed by atoms with E-state index in [1.165, 1.54) is 32.1 Å². The summed E-state index contributed by atoms with van der Waals surface area (Å²) in [5, 5.41) is 0. The normalized spacial score (nSPS) is 34.3. The fourth-order valence-electron chi connectivity index (χ4n) is 4.90. The maximum Gasteiger partial charge on any atom is 0.226 e. The van der Waals surface area contributed by atoms with Gasteiger partial charge in [-0.15, -0.1) is 0 Å². The molecule has 2 amide bonds. The first-order valence-corrected chi connectivity index (χ1v) is 9.34. The maximum atomic E-state index is 12.6. The summed E-state index contributed by atoms with van der Waals surface area (Å²) in [5.74, 6) is 1.48. The maximum absolute atomic E-state index is 12.6. The van der Waals surface area contributed by atoms with Crippen molar-refractivity contribution < 1.29 is 9.59 Å². The van der Waals surface area contributed by atoms with Crippen LogP contribution in [0.4, 0.5) is 0 Å². The number of carbonyl (C=O) groups excluding carboxylic acids is 2. The van der Waals surface area contributed by atoms with Crippen molar-refractivity contribution in [3.05, 3.63) is 0 Å². The van der Waals surface area contributed by atoms with Crippen LogP contribution in [0, 0.1) is 28.6 Å². The van der Waals surface area contributed by atoms with Gasteiger partial charge in [-0.05, 0) is 48.9 Å². The number of hydrogen-bond acceptors (Lipinski definition) is 2. The molecule has 1 aliphatic heterocycles. The summed E-state index contributed by atoms with van der Waals surface area (Å²) in [6.07, 6.45) is 7.80. The molecule has 23 heavy (non-hydrogen) atoms. The number of carbonyl (C=O) groups is 2. The third-order valence-electron chi connectivity index (χ3n) is 7.24. The standard InChI is InChI=1S/C19H32N2O2/c1-4-18(2,3)14-5-7-19(8-6-14)10-15(19)17(23)21-11-13(12-21)9-16(20)22/h13-15H,4-12H2,1-3H3,(H2,20,22)/t14?,15-,19?/m1/s1. The van der Waals surface area contributed by atoms with Crippen LogP contribution in [0.2, 0.25) is 0 Å². The molecule has 0 radical (unpaired) electrons. The third kappa shape index (κ3) is 3.14. The summed E-state index contributed by atoms with van der Waals surface area (Å²) in [6, 6.07) is 0. The number of nitrogens with two attached hydrogens (primary N) is 1. The van der Waals surface area contributed by atoms with Crippen LogP contribution in [0.1, 0.15) is 65.7 Å². The van der Waals surface area contributed by atoms with Crippen LogP contribution in [0.15, 0.2) is 0 Å².